The summed E-state index contributed by atoms with van der Waals surface area (Å²) in [5, 5.41) is 14.8. The molecule has 0 unspecified atom stereocenters. The van der Waals surface area contributed by atoms with Crippen molar-refractivity contribution >= 4 is 56.4 Å². The second-order valence-corrected chi connectivity index (χ2v) is 6.75. The predicted octanol–water partition coefficient (Wildman–Crippen LogP) is 4.30. The molecule has 0 radical (unpaired) electrons. The Morgan fingerprint density at radius 3 is 2.57 bits per heavy atom. The number of rotatable bonds is 6. The third-order valence-electron chi connectivity index (χ3n) is 3.47. The van der Waals surface area contributed by atoms with Crippen LogP contribution in [0.4, 0.5) is 23.0 Å². The van der Waals surface area contributed by atoms with Crippen LogP contribution in [0.2, 0.25) is 5.02 Å². The van der Waals surface area contributed by atoms with E-state index in [4.69, 9.17) is 11.6 Å². The molecule has 142 valence electrons. The van der Waals surface area contributed by atoms with Gasteiger partial charge in [0.05, 0.1) is 4.92 Å². The predicted molar refractivity (Wildman–Crippen MR) is 109 cm³/mol. The van der Waals surface area contributed by atoms with Gasteiger partial charge in [-0.1, -0.05) is 39.7 Å². The Kier molecular flexibility index (Phi) is 6.02. The number of nitrogens with one attached hydrogen (secondary N) is 3. The highest BCUT2D eigenvalue weighted by atomic mass is 79.9. The van der Waals surface area contributed by atoms with E-state index in [1.807, 2.05) is 6.07 Å². The number of nitro groups is 1. The fourth-order valence-electron chi connectivity index (χ4n) is 2.26. The summed E-state index contributed by atoms with van der Waals surface area (Å²) in [6.45, 7) is 0. The smallest absolute Gasteiger partial charge is 0.334 e. The molecule has 0 bridgehead atoms. The van der Waals surface area contributed by atoms with Crippen LogP contribution in [0.5, 0.6) is 0 Å². The number of nitrogens with zero attached hydrogens (tertiary/aromatic N) is 3. The average Bonchev–Trinajstić information content (AvgIpc) is 2.66. The van der Waals surface area contributed by atoms with Gasteiger partial charge in [-0.25, -0.2) is 9.97 Å². The molecule has 0 spiro atoms. The molecule has 3 rings (SSSR count). The Hall–Kier alpha value is -3.24. The quantitative estimate of drug-likeness (QED) is 0.368. The highest BCUT2D eigenvalue weighted by Gasteiger charge is 2.23. The van der Waals surface area contributed by atoms with Gasteiger partial charge in [0.2, 0.25) is 11.6 Å². The van der Waals surface area contributed by atoms with Crippen LogP contribution in [0, 0.1) is 10.1 Å². The van der Waals surface area contributed by atoms with Crippen molar-refractivity contribution in [1.29, 1.82) is 0 Å². The van der Waals surface area contributed by atoms with Gasteiger partial charge in [0.15, 0.2) is 0 Å². The Morgan fingerprint density at radius 1 is 1.11 bits per heavy atom. The molecule has 0 saturated heterocycles. The number of anilines is 3. The van der Waals surface area contributed by atoms with E-state index in [2.05, 4.69) is 42.1 Å². The highest BCUT2D eigenvalue weighted by Crippen LogP contribution is 2.31. The molecule has 1 aromatic heterocycles. The van der Waals surface area contributed by atoms with Crippen molar-refractivity contribution in [3.05, 3.63) is 80.0 Å². The molecule has 0 saturated carbocycles. The van der Waals surface area contributed by atoms with Gasteiger partial charge in [-0.15, -0.1) is 0 Å². The van der Waals surface area contributed by atoms with Crippen LogP contribution in [-0.2, 0) is 0 Å². The first-order valence-electron chi connectivity index (χ1n) is 7.78. The maximum absolute atomic E-state index is 12.2. The van der Waals surface area contributed by atoms with Crippen LogP contribution in [0.15, 0.2) is 59.3 Å². The number of hydrogen-bond donors (Lipinski definition) is 3. The van der Waals surface area contributed by atoms with Gasteiger partial charge < -0.3 is 5.32 Å². The van der Waals surface area contributed by atoms with E-state index in [0.29, 0.717) is 10.7 Å². The summed E-state index contributed by atoms with van der Waals surface area (Å²) in [7, 11) is 0. The van der Waals surface area contributed by atoms with Crippen LogP contribution in [-0.4, -0.2) is 20.8 Å². The maximum Gasteiger partial charge on any atom is 0.355 e. The largest absolute Gasteiger partial charge is 0.355 e. The van der Waals surface area contributed by atoms with Crippen LogP contribution in [0.25, 0.3) is 0 Å². The van der Waals surface area contributed by atoms with Crippen molar-refractivity contribution in [1.82, 2.24) is 15.4 Å². The van der Waals surface area contributed by atoms with E-state index in [1.165, 1.54) is 6.07 Å². The van der Waals surface area contributed by atoms with Crippen molar-refractivity contribution in [2.45, 2.75) is 0 Å². The molecule has 2 aromatic carbocycles. The van der Waals surface area contributed by atoms with Crippen molar-refractivity contribution in [3.63, 3.8) is 0 Å². The Balaban J connectivity index is 1.83. The molecule has 9 nitrogen and oxygen atoms in total. The zero-order valence-corrected chi connectivity index (χ0v) is 16.4. The van der Waals surface area contributed by atoms with Crippen molar-refractivity contribution in [3.8, 4) is 0 Å². The minimum Gasteiger partial charge on any atom is -0.334 e. The van der Waals surface area contributed by atoms with E-state index in [9.17, 15) is 14.9 Å². The molecule has 28 heavy (non-hydrogen) atoms. The Labute approximate surface area is 172 Å². The first-order valence-corrected chi connectivity index (χ1v) is 8.95. The summed E-state index contributed by atoms with van der Waals surface area (Å²) < 4.78 is 0.793. The average molecular weight is 464 g/mol. The Bertz CT molecular complexity index is 1050. The zero-order valence-electron chi connectivity index (χ0n) is 14.0. The van der Waals surface area contributed by atoms with E-state index in [-0.39, 0.29) is 17.2 Å². The first kappa shape index (κ1) is 19.5. The lowest BCUT2D eigenvalue weighted by molar-refractivity contribution is -0.383. The molecule has 0 aliphatic carbocycles. The lowest BCUT2D eigenvalue weighted by Gasteiger charge is -2.11. The molecule has 3 N–H and O–H groups in total. The zero-order chi connectivity index (χ0) is 20.1. The lowest BCUT2D eigenvalue weighted by atomic mass is 10.2. The minimum absolute atomic E-state index is 0.0300. The molecule has 1 heterocycles. The van der Waals surface area contributed by atoms with Crippen LogP contribution in [0.3, 0.4) is 0 Å². The second kappa shape index (κ2) is 8.63. The van der Waals surface area contributed by atoms with Gasteiger partial charge in [0.25, 0.3) is 5.91 Å². The fraction of sp³-hybridized carbons (Fsp3) is 0. The van der Waals surface area contributed by atoms with Crippen molar-refractivity contribution < 1.29 is 9.72 Å². The number of hydrazine groups is 1. The summed E-state index contributed by atoms with van der Waals surface area (Å²) in [6.07, 6.45) is 1.14. The number of hydrogen-bond acceptors (Lipinski definition) is 7. The van der Waals surface area contributed by atoms with Gasteiger partial charge in [-0.05, 0) is 36.4 Å². The Morgan fingerprint density at radius 2 is 1.86 bits per heavy atom. The third kappa shape index (κ3) is 4.72. The second-order valence-electron chi connectivity index (χ2n) is 5.40. The number of amides is 1. The van der Waals surface area contributed by atoms with Crippen LogP contribution in [0.1, 0.15) is 10.4 Å². The van der Waals surface area contributed by atoms with Gasteiger partial charge >= 0.3 is 5.69 Å². The number of halogens is 2. The summed E-state index contributed by atoms with van der Waals surface area (Å²) in [5.74, 6) is -0.734. The standard InChI is InChI=1S/C17H12BrClN6O3/c18-11-4-2-6-13(8-11)22-15-14(25(27)28)16(21-9-20-15)23-24-17(26)10-3-1-5-12(19)7-10/h1-9H,(H,24,26)(H2,20,21,22,23). The van der Waals surface area contributed by atoms with Crippen molar-refractivity contribution in [2.24, 2.45) is 0 Å². The molecule has 11 heteroatoms. The molecule has 0 aliphatic rings. The molecule has 0 fully saturated rings. The molecular formula is C17H12BrClN6O3. The molecular weight excluding hydrogens is 452 g/mol. The number of aromatic nitrogens is 2. The molecule has 0 atom stereocenters. The SMILES string of the molecule is O=C(NNc1ncnc(Nc2cccc(Br)c2)c1[N+](=O)[O-])c1cccc(Cl)c1. The maximum atomic E-state index is 12.2. The summed E-state index contributed by atoms with van der Waals surface area (Å²) in [6, 6.07) is 13.3. The minimum atomic E-state index is -0.645. The summed E-state index contributed by atoms with van der Waals surface area (Å²) in [5.41, 5.74) is 5.27. The lowest BCUT2D eigenvalue weighted by Crippen LogP contribution is -2.30. The van der Waals surface area contributed by atoms with E-state index >= 15 is 0 Å². The van der Waals surface area contributed by atoms with Gasteiger partial charge in [-0.2, -0.15) is 0 Å². The summed E-state index contributed by atoms with van der Waals surface area (Å²) in [4.78, 5) is 30.9. The van der Waals surface area contributed by atoms with E-state index in [1.54, 1.807) is 36.4 Å². The number of benzene rings is 2. The van der Waals surface area contributed by atoms with Crippen LogP contribution < -0.4 is 16.2 Å². The van der Waals surface area contributed by atoms with Gasteiger partial charge in [0, 0.05) is 20.7 Å². The topological polar surface area (TPSA) is 122 Å². The first-order chi connectivity index (χ1) is 13.4. The van der Waals surface area contributed by atoms with Gasteiger partial charge in [0.1, 0.15) is 6.33 Å². The molecule has 1 amide bonds. The fourth-order valence-corrected chi connectivity index (χ4v) is 2.84. The molecule has 3 aromatic rings. The normalized spacial score (nSPS) is 10.2. The number of carbonyl (C=O) groups is 1. The highest BCUT2D eigenvalue weighted by molar-refractivity contribution is 9.10. The van der Waals surface area contributed by atoms with Crippen LogP contribution >= 0.6 is 27.5 Å². The van der Waals surface area contributed by atoms with E-state index < -0.39 is 16.5 Å². The number of carbonyl (C=O) groups excluding carboxylic acids is 1. The van der Waals surface area contributed by atoms with Crippen molar-refractivity contribution in [2.75, 3.05) is 10.7 Å². The van der Waals surface area contributed by atoms with Gasteiger partial charge in [-0.3, -0.25) is 25.8 Å². The summed E-state index contributed by atoms with van der Waals surface area (Å²) >= 11 is 9.19. The monoisotopic (exact) mass is 462 g/mol. The van der Waals surface area contributed by atoms with E-state index in [0.717, 1.165) is 10.8 Å². The third-order valence-corrected chi connectivity index (χ3v) is 4.20. The molecule has 0 aliphatic heterocycles.